The summed E-state index contributed by atoms with van der Waals surface area (Å²) in [7, 11) is 0. The predicted octanol–water partition coefficient (Wildman–Crippen LogP) is 3.25. The van der Waals surface area contributed by atoms with Gasteiger partial charge in [0.05, 0.1) is 0 Å². The standard InChI is InChI=1S/C11H23NO/c13-12-11-9-7-5-3-1-2-4-6-8-10-11/h11-13H,1-10H2. The fraction of sp³-hybridized carbons (Fsp3) is 1.00. The predicted molar refractivity (Wildman–Crippen MR) is 54.9 cm³/mol. The maximum Gasteiger partial charge on any atom is 0.0319 e. The molecule has 0 aromatic rings. The number of hydroxylamine groups is 1. The molecule has 0 heterocycles. The molecule has 78 valence electrons. The van der Waals surface area contributed by atoms with Crippen LogP contribution in [0.5, 0.6) is 0 Å². The van der Waals surface area contributed by atoms with Crippen molar-refractivity contribution in [3.8, 4) is 0 Å². The van der Waals surface area contributed by atoms with Crippen molar-refractivity contribution in [1.82, 2.24) is 5.48 Å². The third-order valence-corrected chi connectivity index (χ3v) is 3.04. The summed E-state index contributed by atoms with van der Waals surface area (Å²) in [6, 6.07) is 0.359. The van der Waals surface area contributed by atoms with Gasteiger partial charge < -0.3 is 5.21 Å². The van der Waals surface area contributed by atoms with Gasteiger partial charge in [0.25, 0.3) is 0 Å². The van der Waals surface area contributed by atoms with E-state index in [-0.39, 0.29) is 0 Å². The van der Waals surface area contributed by atoms with E-state index in [0.29, 0.717) is 6.04 Å². The molecule has 1 rings (SSSR count). The van der Waals surface area contributed by atoms with Gasteiger partial charge in [0.2, 0.25) is 0 Å². The first kappa shape index (κ1) is 11.0. The number of rotatable bonds is 1. The number of hydrogen-bond donors (Lipinski definition) is 2. The molecule has 1 fully saturated rings. The summed E-state index contributed by atoms with van der Waals surface area (Å²) in [5.41, 5.74) is 2.44. The Morgan fingerprint density at radius 3 is 1.46 bits per heavy atom. The van der Waals surface area contributed by atoms with Crippen LogP contribution in [0.2, 0.25) is 0 Å². The topological polar surface area (TPSA) is 32.3 Å². The Morgan fingerprint density at radius 1 is 0.692 bits per heavy atom. The van der Waals surface area contributed by atoms with Crippen LogP contribution in [-0.4, -0.2) is 11.2 Å². The highest BCUT2D eigenvalue weighted by Crippen LogP contribution is 2.16. The summed E-state index contributed by atoms with van der Waals surface area (Å²) in [5, 5.41) is 8.89. The zero-order valence-corrected chi connectivity index (χ0v) is 8.60. The smallest absolute Gasteiger partial charge is 0.0319 e. The van der Waals surface area contributed by atoms with Crippen molar-refractivity contribution in [2.24, 2.45) is 0 Å². The lowest BCUT2D eigenvalue weighted by atomic mass is 10.0. The van der Waals surface area contributed by atoms with Crippen LogP contribution < -0.4 is 5.48 Å². The Hall–Kier alpha value is -0.0800. The highest BCUT2D eigenvalue weighted by molar-refractivity contribution is 4.63. The highest BCUT2D eigenvalue weighted by Gasteiger charge is 2.07. The molecular weight excluding hydrogens is 162 g/mol. The average molecular weight is 185 g/mol. The second-order valence-corrected chi connectivity index (χ2v) is 4.23. The molecule has 13 heavy (non-hydrogen) atoms. The van der Waals surface area contributed by atoms with Crippen LogP contribution in [0.25, 0.3) is 0 Å². The molecule has 2 nitrogen and oxygen atoms in total. The van der Waals surface area contributed by atoms with E-state index in [1.165, 1.54) is 51.4 Å². The van der Waals surface area contributed by atoms with Gasteiger partial charge in [-0.3, -0.25) is 0 Å². The minimum atomic E-state index is 0.359. The van der Waals surface area contributed by atoms with Crippen LogP contribution in [0, 0.1) is 0 Å². The molecule has 0 aromatic carbocycles. The van der Waals surface area contributed by atoms with Crippen LogP contribution in [0.15, 0.2) is 0 Å². The Bertz CT molecular complexity index is 105. The largest absolute Gasteiger partial charge is 0.317 e. The zero-order chi connectivity index (χ0) is 9.36. The quantitative estimate of drug-likeness (QED) is 0.615. The molecule has 0 atom stereocenters. The fourth-order valence-electron chi connectivity index (χ4n) is 2.12. The molecule has 0 saturated heterocycles. The lowest BCUT2D eigenvalue weighted by molar-refractivity contribution is 0.114. The van der Waals surface area contributed by atoms with Crippen LogP contribution in [0.3, 0.4) is 0 Å². The van der Waals surface area contributed by atoms with E-state index in [1.54, 1.807) is 0 Å². The van der Waals surface area contributed by atoms with Crippen molar-refractivity contribution in [3.63, 3.8) is 0 Å². The third kappa shape index (κ3) is 5.27. The second kappa shape index (κ2) is 7.34. The van der Waals surface area contributed by atoms with E-state index in [4.69, 9.17) is 5.21 Å². The summed E-state index contributed by atoms with van der Waals surface area (Å²) < 4.78 is 0. The molecule has 2 heteroatoms. The summed E-state index contributed by atoms with van der Waals surface area (Å²) in [6.07, 6.45) is 13.1. The lowest BCUT2D eigenvalue weighted by Crippen LogP contribution is -2.25. The Labute approximate surface area is 81.7 Å². The van der Waals surface area contributed by atoms with Crippen molar-refractivity contribution in [1.29, 1.82) is 0 Å². The van der Waals surface area contributed by atoms with Gasteiger partial charge in [-0.1, -0.05) is 51.4 Å². The van der Waals surface area contributed by atoms with Gasteiger partial charge in [-0.05, 0) is 12.8 Å². The van der Waals surface area contributed by atoms with Crippen molar-refractivity contribution >= 4 is 0 Å². The molecule has 2 N–H and O–H groups in total. The maximum atomic E-state index is 8.89. The Balaban J connectivity index is 2.18. The zero-order valence-electron chi connectivity index (χ0n) is 8.60. The number of nitrogens with one attached hydrogen (secondary N) is 1. The van der Waals surface area contributed by atoms with Gasteiger partial charge >= 0.3 is 0 Å². The van der Waals surface area contributed by atoms with Crippen molar-refractivity contribution in [3.05, 3.63) is 0 Å². The van der Waals surface area contributed by atoms with Gasteiger partial charge in [-0.25, -0.2) is 5.48 Å². The lowest BCUT2D eigenvalue weighted by Gasteiger charge is -2.13. The summed E-state index contributed by atoms with van der Waals surface area (Å²) >= 11 is 0. The van der Waals surface area contributed by atoms with E-state index < -0.39 is 0 Å². The number of hydrogen-bond acceptors (Lipinski definition) is 2. The average Bonchev–Trinajstić information content (AvgIpc) is 2.22. The molecular formula is C11H23NO. The molecule has 0 radical (unpaired) electrons. The van der Waals surface area contributed by atoms with Crippen LogP contribution in [0.1, 0.15) is 64.2 Å². The SMILES string of the molecule is ONC1CCCCCCCCCC1. The van der Waals surface area contributed by atoms with Crippen molar-refractivity contribution in [2.75, 3.05) is 0 Å². The highest BCUT2D eigenvalue weighted by atomic mass is 16.5. The van der Waals surface area contributed by atoms with Gasteiger partial charge in [0, 0.05) is 6.04 Å². The first-order valence-electron chi connectivity index (χ1n) is 5.83. The summed E-state index contributed by atoms with van der Waals surface area (Å²) in [4.78, 5) is 0. The third-order valence-electron chi connectivity index (χ3n) is 3.04. The molecule has 0 spiro atoms. The normalized spacial score (nSPS) is 23.8. The first-order chi connectivity index (χ1) is 6.43. The van der Waals surface area contributed by atoms with Crippen molar-refractivity contribution < 1.29 is 5.21 Å². The van der Waals surface area contributed by atoms with E-state index in [9.17, 15) is 0 Å². The summed E-state index contributed by atoms with van der Waals surface area (Å²) in [6.45, 7) is 0. The Kier molecular flexibility index (Phi) is 6.21. The molecule has 0 unspecified atom stereocenters. The molecule has 0 bridgehead atoms. The van der Waals surface area contributed by atoms with Gasteiger partial charge in [-0.2, -0.15) is 0 Å². The Morgan fingerprint density at radius 2 is 1.08 bits per heavy atom. The first-order valence-corrected chi connectivity index (χ1v) is 5.83. The fourth-order valence-corrected chi connectivity index (χ4v) is 2.12. The van der Waals surface area contributed by atoms with Gasteiger partial charge in [0.1, 0.15) is 0 Å². The van der Waals surface area contributed by atoms with Crippen LogP contribution >= 0.6 is 0 Å². The van der Waals surface area contributed by atoms with Gasteiger partial charge in [0.15, 0.2) is 0 Å². The summed E-state index contributed by atoms with van der Waals surface area (Å²) in [5.74, 6) is 0. The molecule has 1 saturated carbocycles. The van der Waals surface area contributed by atoms with E-state index >= 15 is 0 Å². The maximum absolute atomic E-state index is 8.89. The monoisotopic (exact) mass is 185 g/mol. The molecule has 0 aliphatic heterocycles. The van der Waals surface area contributed by atoms with Crippen LogP contribution in [0.4, 0.5) is 0 Å². The van der Waals surface area contributed by atoms with E-state index in [1.807, 2.05) is 0 Å². The second-order valence-electron chi connectivity index (χ2n) is 4.23. The van der Waals surface area contributed by atoms with Crippen molar-refractivity contribution in [2.45, 2.75) is 70.3 Å². The van der Waals surface area contributed by atoms with E-state index in [2.05, 4.69) is 5.48 Å². The minimum absolute atomic E-state index is 0.359. The molecule has 1 aliphatic carbocycles. The van der Waals surface area contributed by atoms with Gasteiger partial charge in [-0.15, -0.1) is 0 Å². The molecule has 1 aliphatic rings. The van der Waals surface area contributed by atoms with Crippen LogP contribution in [-0.2, 0) is 0 Å². The van der Waals surface area contributed by atoms with E-state index in [0.717, 1.165) is 12.8 Å². The minimum Gasteiger partial charge on any atom is -0.317 e. The molecule has 0 amide bonds. The molecule has 0 aromatic heterocycles.